The van der Waals surface area contributed by atoms with Crippen LogP contribution in [0.1, 0.15) is 15.9 Å². The highest BCUT2D eigenvalue weighted by Gasteiger charge is 2.15. The van der Waals surface area contributed by atoms with Gasteiger partial charge in [0.1, 0.15) is 10.4 Å². The summed E-state index contributed by atoms with van der Waals surface area (Å²) in [6, 6.07) is 1.75. The molecule has 110 valence electrons. The van der Waals surface area contributed by atoms with Crippen LogP contribution in [-0.4, -0.2) is 47.3 Å². The van der Waals surface area contributed by atoms with Crippen molar-refractivity contribution in [3.8, 4) is 0 Å². The second-order valence-corrected chi connectivity index (χ2v) is 5.73. The van der Waals surface area contributed by atoms with Gasteiger partial charge in [-0.2, -0.15) is 0 Å². The van der Waals surface area contributed by atoms with Gasteiger partial charge in [0.25, 0.3) is 0 Å². The van der Waals surface area contributed by atoms with E-state index in [1.54, 1.807) is 12.3 Å². The Bertz CT molecular complexity index is 737. The lowest BCUT2D eigenvalue weighted by molar-refractivity contribution is 0.0341. The van der Waals surface area contributed by atoms with Crippen LogP contribution in [0.2, 0.25) is 0 Å². The molecule has 1 aliphatic heterocycles. The number of morpholine rings is 1. The zero-order valence-corrected chi connectivity index (χ0v) is 12.1. The fourth-order valence-corrected chi connectivity index (χ4v) is 3.15. The summed E-state index contributed by atoms with van der Waals surface area (Å²) in [4.78, 5) is 30.3. The minimum Gasteiger partial charge on any atom is -0.478 e. The second-order valence-electron chi connectivity index (χ2n) is 4.87. The number of carboxylic acid groups (broad SMARTS) is 1. The van der Waals surface area contributed by atoms with Crippen LogP contribution in [0.15, 0.2) is 22.4 Å². The Morgan fingerprint density at radius 1 is 1.43 bits per heavy atom. The van der Waals surface area contributed by atoms with E-state index in [4.69, 9.17) is 9.84 Å². The normalized spacial score (nSPS) is 16.2. The molecule has 1 N–H and O–H groups in total. The van der Waals surface area contributed by atoms with Gasteiger partial charge in [0.2, 0.25) is 5.43 Å². The predicted molar refractivity (Wildman–Crippen MR) is 78.9 cm³/mol. The minimum atomic E-state index is -1.20. The molecule has 1 saturated heterocycles. The predicted octanol–water partition coefficient (Wildman–Crippen LogP) is 1.19. The topological polar surface area (TPSA) is 79.7 Å². The molecule has 6 nitrogen and oxygen atoms in total. The highest BCUT2D eigenvalue weighted by atomic mass is 32.1. The SMILES string of the molecule is O=C(O)c1csc2ncc(CN3CCOCC3)cc2c1=O. The molecule has 2 aromatic heterocycles. The molecule has 0 unspecified atom stereocenters. The standard InChI is InChI=1S/C14H14N2O4S/c17-12-10-5-9(7-16-1-3-20-4-2-16)6-15-13(10)21-8-11(12)14(18)19/h5-6,8H,1-4,7H2,(H,18,19). The van der Waals surface area contributed by atoms with Gasteiger partial charge < -0.3 is 9.84 Å². The van der Waals surface area contributed by atoms with Gasteiger partial charge >= 0.3 is 5.97 Å². The quantitative estimate of drug-likeness (QED) is 0.917. The van der Waals surface area contributed by atoms with E-state index in [1.165, 1.54) is 16.7 Å². The van der Waals surface area contributed by atoms with E-state index in [9.17, 15) is 9.59 Å². The molecular formula is C14H14N2O4S. The maximum absolute atomic E-state index is 12.2. The molecule has 0 aliphatic carbocycles. The number of aromatic nitrogens is 1. The molecule has 0 radical (unpaired) electrons. The average Bonchev–Trinajstić information content (AvgIpc) is 2.49. The lowest BCUT2D eigenvalue weighted by Crippen LogP contribution is -2.35. The molecule has 21 heavy (non-hydrogen) atoms. The van der Waals surface area contributed by atoms with Gasteiger partial charge in [0, 0.05) is 31.2 Å². The highest BCUT2D eigenvalue weighted by Crippen LogP contribution is 2.17. The largest absolute Gasteiger partial charge is 0.478 e. The summed E-state index contributed by atoms with van der Waals surface area (Å²) in [5.74, 6) is -1.20. The van der Waals surface area contributed by atoms with Crippen LogP contribution < -0.4 is 5.43 Å². The van der Waals surface area contributed by atoms with Crippen LogP contribution in [-0.2, 0) is 11.3 Å². The lowest BCUT2D eigenvalue weighted by atomic mass is 10.2. The molecule has 0 saturated carbocycles. The first-order valence-electron chi connectivity index (χ1n) is 6.59. The number of hydrogen-bond donors (Lipinski definition) is 1. The molecule has 0 amide bonds. The third-order valence-electron chi connectivity index (χ3n) is 3.43. The van der Waals surface area contributed by atoms with E-state index in [-0.39, 0.29) is 5.56 Å². The average molecular weight is 306 g/mol. The fourth-order valence-electron chi connectivity index (χ4n) is 2.32. The van der Waals surface area contributed by atoms with Crippen LogP contribution in [0.3, 0.4) is 0 Å². The van der Waals surface area contributed by atoms with Crippen molar-refractivity contribution in [1.29, 1.82) is 0 Å². The molecule has 0 bridgehead atoms. The third-order valence-corrected chi connectivity index (χ3v) is 4.33. The van der Waals surface area contributed by atoms with Gasteiger partial charge in [-0.3, -0.25) is 9.69 Å². The molecule has 1 fully saturated rings. The molecule has 3 rings (SSSR count). The number of ether oxygens (including phenoxy) is 1. The Labute approximate surface area is 124 Å². The third kappa shape index (κ3) is 2.94. The molecule has 1 aliphatic rings. The maximum atomic E-state index is 12.2. The van der Waals surface area contributed by atoms with E-state index < -0.39 is 11.4 Å². The first-order chi connectivity index (χ1) is 10.1. The Morgan fingerprint density at radius 3 is 2.90 bits per heavy atom. The summed E-state index contributed by atoms with van der Waals surface area (Å²) >= 11 is 1.18. The maximum Gasteiger partial charge on any atom is 0.340 e. The Kier molecular flexibility index (Phi) is 3.96. The van der Waals surface area contributed by atoms with E-state index >= 15 is 0 Å². The zero-order valence-electron chi connectivity index (χ0n) is 11.2. The van der Waals surface area contributed by atoms with Crippen molar-refractivity contribution < 1.29 is 14.6 Å². The first kappa shape index (κ1) is 14.1. The van der Waals surface area contributed by atoms with Crippen molar-refractivity contribution >= 4 is 27.5 Å². The number of fused-ring (bicyclic) bond motifs is 1. The monoisotopic (exact) mass is 306 g/mol. The summed E-state index contributed by atoms with van der Waals surface area (Å²) in [5.41, 5.74) is 0.252. The molecule has 0 aromatic carbocycles. The summed E-state index contributed by atoms with van der Waals surface area (Å²) in [6.07, 6.45) is 1.74. The Morgan fingerprint density at radius 2 is 2.19 bits per heavy atom. The second kappa shape index (κ2) is 5.88. The van der Waals surface area contributed by atoms with Gasteiger partial charge in [-0.25, -0.2) is 9.78 Å². The number of pyridine rings is 1. The summed E-state index contributed by atoms with van der Waals surface area (Å²) < 4.78 is 5.30. The summed E-state index contributed by atoms with van der Waals surface area (Å²) in [5, 5.41) is 10.7. The van der Waals surface area contributed by atoms with Gasteiger partial charge in [0.05, 0.1) is 18.6 Å². The van der Waals surface area contributed by atoms with Gasteiger partial charge in [0.15, 0.2) is 0 Å². The molecule has 0 atom stereocenters. The number of aromatic carboxylic acids is 1. The smallest absolute Gasteiger partial charge is 0.340 e. The molecule has 2 aromatic rings. The Hall–Kier alpha value is -1.83. The molecule has 0 spiro atoms. The van der Waals surface area contributed by atoms with Crippen LogP contribution in [0, 0.1) is 0 Å². The highest BCUT2D eigenvalue weighted by molar-refractivity contribution is 7.16. The van der Waals surface area contributed by atoms with Crippen molar-refractivity contribution in [2.24, 2.45) is 0 Å². The van der Waals surface area contributed by atoms with Crippen LogP contribution in [0.4, 0.5) is 0 Å². The van der Waals surface area contributed by atoms with Crippen LogP contribution in [0.25, 0.3) is 10.2 Å². The van der Waals surface area contributed by atoms with Crippen LogP contribution >= 0.6 is 11.3 Å². The van der Waals surface area contributed by atoms with E-state index in [1.807, 2.05) is 0 Å². The van der Waals surface area contributed by atoms with Crippen LogP contribution in [0.5, 0.6) is 0 Å². The summed E-state index contributed by atoms with van der Waals surface area (Å²) in [7, 11) is 0. The number of nitrogens with zero attached hydrogens (tertiary/aromatic N) is 2. The van der Waals surface area contributed by atoms with Crippen molar-refractivity contribution in [2.45, 2.75) is 6.54 Å². The molecular weight excluding hydrogens is 292 g/mol. The van der Waals surface area contributed by atoms with E-state index in [2.05, 4.69) is 9.88 Å². The Balaban J connectivity index is 1.96. The summed E-state index contributed by atoms with van der Waals surface area (Å²) in [6.45, 7) is 3.80. The fraction of sp³-hybridized carbons (Fsp3) is 0.357. The number of hydrogen-bond acceptors (Lipinski definition) is 6. The van der Waals surface area contributed by atoms with Crippen molar-refractivity contribution in [2.75, 3.05) is 26.3 Å². The van der Waals surface area contributed by atoms with Crippen molar-refractivity contribution in [3.05, 3.63) is 39.0 Å². The molecule has 7 heteroatoms. The van der Waals surface area contributed by atoms with Gasteiger partial charge in [-0.05, 0) is 11.6 Å². The lowest BCUT2D eigenvalue weighted by Gasteiger charge is -2.26. The van der Waals surface area contributed by atoms with Gasteiger partial charge in [-0.1, -0.05) is 0 Å². The van der Waals surface area contributed by atoms with E-state index in [0.29, 0.717) is 30.0 Å². The molecule has 3 heterocycles. The van der Waals surface area contributed by atoms with Crippen molar-refractivity contribution in [3.63, 3.8) is 0 Å². The van der Waals surface area contributed by atoms with Crippen molar-refractivity contribution in [1.82, 2.24) is 9.88 Å². The first-order valence-corrected chi connectivity index (χ1v) is 7.47. The number of rotatable bonds is 3. The van der Waals surface area contributed by atoms with E-state index in [0.717, 1.165) is 18.7 Å². The number of carboxylic acids is 1. The zero-order chi connectivity index (χ0) is 14.8. The minimum absolute atomic E-state index is 0.196. The van der Waals surface area contributed by atoms with Gasteiger partial charge in [-0.15, -0.1) is 11.3 Å². The number of carbonyl (C=O) groups is 1.